The number of carbonyl (C=O) groups excluding carboxylic acids is 1. The highest BCUT2D eigenvalue weighted by Gasteiger charge is 2.27. The number of alkyl halides is 3. The number of benzene rings is 2. The molecule has 0 radical (unpaired) electrons. The molecule has 29 heavy (non-hydrogen) atoms. The molecule has 3 rings (SSSR count). The largest absolute Gasteiger partial charge is 0.482 e. The van der Waals surface area contributed by atoms with Crippen LogP contribution in [-0.4, -0.2) is 35.9 Å². The molecular weight excluding hydrogens is 403 g/mol. The molecule has 0 spiro atoms. The molecule has 3 aromatic rings. The van der Waals surface area contributed by atoms with Gasteiger partial charge in [0.05, 0.1) is 5.69 Å². The van der Waals surface area contributed by atoms with Gasteiger partial charge in [-0.3, -0.25) is 10.1 Å². The first-order valence-corrected chi connectivity index (χ1v) is 9.28. The maximum absolute atomic E-state index is 12.7. The van der Waals surface area contributed by atoms with Gasteiger partial charge >= 0.3 is 6.30 Å². The zero-order chi connectivity index (χ0) is 21.2. The number of halogens is 3. The van der Waals surface area contributed by atoms with Crippen molar-refractivity contribution in [3.8, 4) is 11.1 Å². The van der Waals surface area contributed by atoms with Crippen LogP contribution < -0.4 is 15.5 Å². The molecule has 0 bridgehead atoms. The van der Waals surface area contributed by atoms with Gasteiger partial charge in [-0.15, -0.1) is 5.10 Å². The van der Waals surface area contributed by atoms with Gasteiger partial charge in [0.1, 0.15) is 4.88 Å². The molecule has 1 heterocycles. The molecule has 1 aromatic heterocycles. The highest BCUT2D eigenvalue weighted by atomic mass is 32.1. The van der Waals surface area contributed by atoms with Gasteiger partial charge in [-0.2, -0.15) is 13.2 Å². The first-order chi connectivity index (χ1) is 13.6. The summed E-state index contributed by atoms with van der Waals surface area (Å²) in [6, 6.07) is 11.3. The van der Waals surface area contributed by atoms with Crippen LogP contribution in [0.25, 0.3) is 11.1 Å². The van der Waals surface area contributed by atoms with Crippen molar-refractivity contribution in [2.75, 3.05) is 29.6 Å². The summed E-state index contributed by atoms with van der Waals surface area (Å²) in [7, 11) is 3.63. The van der Waals surface area contributed by atoms with Crippen molar-refractivity contribution in [1.29, 1.82) is 0 Å². The van der Waals surface area contributed by atoms with Crippen molar-refractivity contribution in [3.63, 3.8) is 0 Å². The Hall–Kier alpha value is -3.14. The first-order valence-electron chi connectivity index (χ1n) is 8.51. The quantitative estimate of drug-likeness (QED) is 0.581. The number of nitrogens with one attached hydrogen (secondary N) is 2. The molecule has 2 N–H and O–H groups in total. The summed E-state index contributed by atoms with van der Waals surface area (Å²) in [5, 5.41) is 8.10. The minimum absolute atomic E-state index is 0.0522. The molecule has 0 aliphatic rings. The molecular formula is C19H18F3N5OS. The lowest BCUT2D eigenvalue weighted by Gasteiger charge is -2.20. The number of nitrogens with zero attached hydrogens (tertiary/aromatic N) is 3. The second-order valence-corrected chi connectivity index (χ2v) is 7.22. The second kappa shape index (κ2) is 8.08. The number of aryl methyl sites for hydroxylation is 1. The summed E-state index contributed by atoms with van der Waals surface area (Å²) in [4.78, 5) is 14.5. The molecule has 152 valence electrons. The van der Waals surface area contributed by atoms with E-state index >= 15 is 0 Å². The molecule has 10 heteroatoms. The Balaban J connectivity index is 1.87. The fourth-order valence-electron chi connectivity index (χ4n) is 2.76. The predicted octanol–water partition coefficient (Wildman–Crippen LogP) is 4.76. The Morgan fingerprint density at radius 3 is 2.28 bits per heavy atom. The lowest BCUT2D eigenvalue weighted by molar-refractivity contribution is -0.0999. The standard InChI is InChI=1S/C19H18F3N5OS/c1-11-17(29-26-25-11)18(28)23-13-6-4-12(5-7-13)15-10-14(24-19(20,21)22)8-9-16(15)27(2)3/h4-10,24H,1-3H3,(H,23,28). The van der Waals surface area contributed by atoms with E-state index in [9.17, 15) is 18.0 Å². The highest BCUT2D eigenvalue weighted by molar-refractivity contribution is 7.08. The number of hydrogen-bond donors (Lipinski definition) is 2. The number of amides is 1. The summed E-state index contributed by atoms with van der Waals surface area (Å²) in [5.74, 6) is -0.310. The fraction of sp³-hybridized carbons (Fsp3) is 0.211. The van der Waals surface area contributed by atoms with E-state index in [1.165, 1.54) is 17.4 Å². The van der Waals surface area contributed by atoms with E-state index in [4.69, 9.17) is 0 Å². The van der Waals surface area contributed by atoms with E-state index in [-0.39, 0.29) is 11.6 Å². The maximum Gasteiger partial charge on any atom is 0.482 e. The van der Waals surface area contributed by atoms with Crippen LogP contribution in [0.15, 0.2) is 42.5 Å². The van der Waals surface area contributed by atoms with E-state index in [1.54, 1.807) is 37.3 Å². The van der Waals surface area contributed by atoms with Gasteiger partial charge in [0.25, 0.3) is 5.91 Å². The number of rotatable bonds is 5. The van der Waals surface area contributed by atoms with Crippen LogP contribution in [0, 0.1) is 6.92 Å². The Kier molecular flexibility index (Phi) is 5.73. The number of hydrogen-bond acceptors (Lipinski definition) is 6. The predicted molar refractivity (Wildman–Crippen MR) is 108 cm³/mol. The number of aromatic nitrogens is 2. The smallest absolute Gasteiger partial charge is 0.377 e. The van der Waals surface area contributed by atoms with Crippen LogP contribution in [0.3, 0.4) is 0 Å². The van der Waals surface area contributed by atoms with Crippen LogP contribution in [0.2, 0.25) is 0 Å². The van der Waals surface area contributed by atoms with E-state index in [1.807, 2.05) is 19.0 Å². The molecule has 1 amide bonds. The van der Waals surface area contributed by atoms with Crippen LogP contribution in [0.5, 0.6) is 0 Å². The van der Waals surface area contributed by atoms with Gasteiger partial charge in [-0.05, 0) is 54.4 Å². The van der Waals surface area contributed by atoms with Crippen molar-refractivity contribution in [2.24, 2.45) is 0 Å². The average Bonchev–Trinajstić information content (AvgIpc) is 3.07. The Morgan fingerprint density at radius 2 is 1.72 bits per heavy atom. The van der Waals surface area contributed by atoms with Crippen molar-refractivity contribution >= 4 is 34.5 Å². The molecule has 6 nitrogen and oxygen atoms in total. The highest BCUT2D eigenvalue weighted by Crippen LogP contribution is 2.34. The van der Waals surface area contributed by atoms with E-state index in [0.717, 1.165) is 17.2 Å². The normalized spacial score (nSPS) is 11.2. The summed E-state index contributed by atoms with van der Waals surface area (Å²) >= 11 is 1.01. The molecule has 0 unspecified atom stereocenters. The third-order valence-corrected chi connectivity index (χ3v) is 4.90. The molecule has 0 aliphatic carbocycles. The molecule has 0 aliphatic heterocycles. The molecule has 0 fully saturated rings. The average molecular weight is 421 g/mol. The summed E-state index contributed by atoms with van der Waals surface area (Å²) in [6.45, 7) is 1.70. The Bertz CT molecular complexity index is 1020. The van der Waals surface area contributed by atoms with Gasteiger partial charge in [-0.1, -0.05) is 16.6 Å². The van der Waals surface area contributed by atoms with E-state index < -0.39 is 6.30 Å². The third-order valence-electron chi connectivity index (χ3n) is 4.08. The van der Waals surface area contributed by atoms with Crippen LogP contribution in [0.1, 0.15) is 15.4 Å². The van der Waals surface area contributed by atoms with Gasteiger partial charge in [0, 0.05) is 36.7 Å². The van der Waals surface area contributed by atoms with Gasteiger partial charge in [-0.25, -0.2) is 0 Å². The zero-order valence-electron chi connectivity index (χ0n) is 15.8. The molecule has 0 atom stereocenters. The van der Waals surface area contributed by atoms with Gasteiger partial charge < -0.3 is 10.2 Å². The van der Waals surface area contributed by atoms with Crippen LogP contribution in [0.4, 0.5) is 30.2 Å². The van der Waals surface area contributed by atoms with Crippen molar-refractivity contribution in [2.45, 2.75) is 13.2 Å². The number of carbonyl (C=O) groups is 1. The third kappa shape index (κ3) is 5.02. The van der Waals surface area contributed by atoms with Crippen molar-refractivity contribution < 1.29 is 18.0 Å². The summed E-state index contributed by atoms with van der Waals surface area (Å²) < 4.78 is 41.8. The van der Waals surface area contributed by atoms with E-state index in [0.29, 0.717) is 27.4 Å². The monoisotopic (exact) mass is 421 g/mol. The molecule has 0 saturated heterocycles. The number of anilines is 3. The summed E-state index contributed by atoms with van der Waals surface area (Å²) in [5.41, 5.74) is 3.17. The van der Waals surface area contributed by atoms with Crippen molar-refractivity contribution in [3.05, 3.63) is 53.0 Å². The minimum atomic E-state index is -4.52. The van der Waals surface area contributed by atoms with Crippen molar-refractivity contribution in [1.82, 2.24) is 9.59 Å². The Labute approximate surface area is 169 Å². The molecule has 2 aromatic carbocycles. The first kappa shape index (κ1) is 20.6. The lowest BCUT2D eigenvalue weighted by atomic mass is 10.0. The van der Waals surface area contributed by atoms with Gasteiger partial charge in [0.2, 0.25) is 0 Å². The Morgan fingerprint density at radius 1 is 1.07 bits per heavy atom. The van der Waals surface area contributed by atoms with Gasteiger partial charge in [0.15, 0.2) is 0 Å². The second-order valence-electron chi connectivity index (χ2n) is 6.47. The van der Waals surface area contributed by atoms with E-state index in [2.05, 4.69) is 14.9 Å². The maximum atomic E-state index is 12.7. The SMILES string of the molecule is Cc1nnsc1C(=O)Nc1ccc(-c2cc(NC(F)(F)F)ccc2N(C)C)cc1. The lowest BCUT2D eigenvalue weighted by Crippen LogP contribution is -2.20. The minimum Gasteiger partial charge on any atom is -0.377 e. The van der Waals surface area contributed by atoms with Crippen LogP contribution >= 0.6 is 11.5 Å². The zero-order valence-corrected chi connectivity index (χ0v) is 16.6. The van der Waals surface area contributed by atoms with Crippen LogP contribution in [-0.2, 0) is 0 Å². The molecule has 0 saturated carbocycles. The fourth-order valence-corrected chi connectivity index (χ4v) is 3.31. The summed E-state index contributed by atoms with van der Waals surface area (Å²) in [6.07, 6.45) is -4.52. The topological polar surface area (TPSA) is 70.1 Å².